The van der Waals surface area contributed by atoms with Gasteiger partial charge in [-0.25, -0.2) is 0 Å². The van der Waals surface area contributed by atoms with Gasteiger partial charge in [0.2, 0.25) is 0 Å². The molecule has 0 aromatic heterocycles. The molecule has 0 rings (SSSR count). The molecule has 1 nitrogen and oxygen atoms in total. The van der Waals surface area contributed by atoms with Crippen LogP contribution in [-0.4, -0.2) is 12.5 Å². The number of rotatable bonds is 1. The van der Waals surface area contributed by atoms with E-state index in [-0.39, 0.29) is 0 Å². The highest BCUT2D eigenvalue weighted by Gasteiger charge is 2.30. The smallest absolute Gasteiger partial charge is 0.289 e. The summed E-state index contributed by atoms with van der Waals surface area (Å²) in [6.45, 7) is 2.65. The van der Waals surface area contributed by atoms with Gasteiger partial charge in [0.15, 0.2) is 0 Å². The van der Waals surface area contributed by atoms with Gasteiger partial charge in [0.1, 0.15) is 0 Å². The molecular formula is C4H7F3O. The van der Waals surface area contributed by atoms with Gasteiger partial charge in [-0.05, 0) is 13.8 Å². The Hall–Kier alpha value is -0.250. The van der Waals surface area contributed by atoms with Gasteiger partial charge in [-0.1, -0.05) is 0 Å². The quantitative estimate of drug-likeness (QED) is 0.524. The van der Waals surface area contributed by atoms with E-state index in [1.165, 1.54) is 13.8 Å². The summed E-state index contributed by atoms with van der Waals surface area (Å²) in [7, 11) is 0. The standard InChI is InChI=1S/C4H7F3O/c1-3(2)8-4(5,6)7/h3H,1-2H3. The molecule has 0 bridgehead atoms. The lowest BCUT2D eigenvalue weighted by molar-refractivity contribution is -0.337. The molecule has 0 saturated carbocycles. The van der Waals surface area contributed by atoms with Crippen LogP contribution in [0.5, 0.6) is 0 Å². The largest absolute Gasteiger partial charge is 0.522 e. The van der Waals surface area contributed by atoms with Crippen molar-refractivity contribution in [2.75, 3.05) is 0 Å². The molecule has 0 aliphatic rings. The number of hydrogen-bond donors (Lipinski definition) is 0. The number of halogens is 3. The Kier molecular flexibility index (Phi) is 2.27. The second kappa shape index (κ2) is 2.35. The van der Waals surface area contributed by atoms with Gasteiger partial charge in [-0.3, -0.25) is 4.74 Å². The van der Waals surface area contributed by atoms with Crippen LogP contribution >= 0.6 is 0 Å². The Balaban J connectivity index is 3.39. The van der Waals surface area contributed by atoms with E-state index in [4.69, 9.17) is 0 Å². The summed E-state index contributed by atoms with van der Waals surface area (Å²) < 4.78 is 36.7. The molecule has 0 fully saturated rings. The van der Waals surface area contributed by atoms with E-state index in [0.29, 0.717) is 0 Å². The summed E-state index contributed by atoms with van der Waals surface area (Å²) in [4.78, 5) is 0. The van der Waals surface area contributed by atoms with E-state index in [0.717, 1.165) is 0 Å². The van der Waals surface area contributed by atoms with E-state index < -0.39 is 12.5 Å². The topological polar surface area (TPSA) is 9.23 Å². The summed E-state index contributed by atoms with van der Waals surface area (Å²) in [5.74, 6) is 0. The molecular weight excluding hydrogens is 121 g/mol. The number of alkyl halides is 3. The SMILES string of the molecule is CC(C)OC(F)(F)F. The van der Waals surface area contributed by atoms with Gasteiger partial charge in [0, 0.05) is 0 Å². The van der Waals surface area contributed by atoms with Crippen molar-refractivity contribution in [1.82, 2.24) is 0 Å². The van der Waals surface area contributed by atoms with E-state index in [9.17, 15) is 13.2 Å². The van der Waals surface area contributed by atoms with Gasteiger partial charge in [-0.15, -0.1) is 13.2 Å². The van der Waals surface area contributed by atoms with Crippen LogP contribution in [-0.2, 0) is 4.74 Å². The van der Waals surface area contributed by atoms with Gasteiger partial charge in [0.05, 0.1) is 6.10 Å². The minimum atomic E-state index is -4.48. The van der Waals surface area contributed by atoms with Crippen LogP contribution in [0.1, 0.15) is 13.8 Å². The van der Waals surface area contributed by atoms with E-state index in [1.54, 1.807) is 0 Å². The Morgan fingerprint density at radius 3 is 1.62 bits per heavy atom. The highest BCUT2D eigenvalue weighted by atomic mass is 19.4. The van der Waals surface area contributed by atoms with Crippen molar-refractivity contribution in [1.29, 1.82) is 0 Å². The molecule has 0 radical (unpaired) electrons. The average Bonchev–Trinajstić information content (AvgIpc) is 1.21. The first-order valence-electron chi connectivity index (χ1n) is 2.16. The molecule has 0 amide bonds. The summed E-state index contributed by atoms with van der Waals surface area (Å²) in [5, 5.41) is 0. The van der Waals surface area contributed by atoms with Gasteiger partial charge >= 0.3 is 6.36 Å². The van der Waals surface area contributed by atoms with Gasteiger partial charge in [-0.2, -0.15) is 0 Å². The molecule has 4 heteroatoms. The predicted octanol–water partition coefficient (Wildman–Crippen LogP) is 1.93. The molecule has 0 saturated heterocycles. The lowest BCUT2D eigenvalue weighted by atomic mass is 10.5. The molecule has 0 heterocycles. The van der Waals surface area contributed by atoms with Crippen molar-refractivity contribution in [3.05, 3.63) is 0 Å². The fourth-order valence-electron chi connectivity index (χ4n) is 0.267. The maximum Gasteiger partial charge on any atom is 0.522 e. The zero-order valence-electron chi connectivity index (χ0n) is 4.62. The van der Waals surface area contributed by atoms with Crippen molar-refractivity contribution in [2.24, 2.45) is 0 Å². The summed E-state index contributed by atoms with van der Waals surface area (Å²) in [5.41, 5.74) is 0. The number of hydrogen-bond acceptors (Lipinski definition) is 1. The van der Waals surface area contributed by atoms with Crippen LogP contribution in [0.4, 0.5) is 13.2 Å². The first-order chi connectivity index (χ1) is 3.42. The molecule has 0 spiro atoms. The van der Waals surface area contributed by atoms with Crippen LogP contribution in [0, 0.1) is 0 Å². The summed E-state index contributed by atoms with van der Waals surface area (Å²) >= 11 is 0. The lowest BCUT2D eigenvalue weighted by Gasteiger charge is -2.08. The van der Waals surface area contributed by atoms with Gasteiger partial charge in [0.25, 0.3) is 0 Å². The minimum absolute atomic E-state index is 0.782. The minimum Gasteiger partial charge on any atom is -0.289 e. The second-order valence-corrected chi connectivity index (χ2v) is 1.61. The number of ether oxygens (including phenoxy) is 1. The van der Waals surface area contributed by atoms with Crippen LogP contribution in [0.2, 0.25) is 0 Å². The van der Waals surface area contributed by atoms with E-state index in [2.05, 4.69) is 4.74 Å². The van der Waals surface area contributed by atoms with Crippen molar-refractivity contribution in [3.8, 4) is 0 Å². The molecule has 0 aliphatic carbocycles. The molecule has 50 valence electrons. The van der Waals surface area contributed by atoms with Crippen molar-refractivity contribution in [3.63, 3.8) is 0 Å². The fraction of sp³-hybridized carbons (Fsp3) is 1.00. The second-order valence-electron chi connectivity index (χ2n) is 1.61. The van der Waals surface area contributed by atoms with Crippen LogP contribution in [0.25, 0.3) is 0 Å². The third kappa shape index (κ3) is 5.75. The van der Waals surface area contributed by atoms with Crippen molar-refractivity contribution in [2.45, 2.75) is 26.3 Å². The average molecular weight is 128 g/mol. The molecule has 0 aromatic carbocycles. The first kappa shape index (κ1) is 7.75. The monoisotopic (exact) mass is 128 g/mol. The Morgan fingerprint density at radius 2 is 1.62 bits per heavy atom. The molecule has 8 heavy (non-hydrogen) atoms. The van der Waals surface area contributed by atoms with Gasteiger partial charge < -0.3 is 0 Å². The highest BCUT2D eigenvalue weighted by Crippen LogP contribution is 2.17. The van der Waals surface area contributed by atoms with Crippen LogP contribution < -0.4 is 0 Å². The zero-order valence-corrected chi connectivity index (χ0v) is 4.62. The predicted molar refractivity (Wildman–Crippen MR) is 22.3 cm³/mol. The van der Waals surface area contributed by atoms with E-state index >= 15 is 0 Å². The lowest BCUT2D eigenvalue weighted by Crippen LogP contribution is -2.18. The van der Waals surface area contributed by atoms with Crippen molar-refractivity contribution < 1.29 is 17.9 Å². The third-order valence-corrected chi connectivity index (χ3v) is 0.369. The third-order valence-electron chi connectivity index (χ3n) is 0.369. The normalized spacial score (nSPS) is 12.8. The molecule has 0 atom stereocenters. The fourth-order valence-corrected chi connectivity index (χ4v) is 0.267. The first-order valence-corrected chi connectivity index (χ1v) is 2.16. The molecule has 0 aromatic rings. The van der Waals surface area contributed by atoms with E-state index in [1.807, 2.05) is 0 Å². The van der Waals surface area contributed by atoms with Crippen LogP contribution in [0.15, 0.2) is 0 Å². The molecule has 0 N–H and O–H groups in total. The Bertz CT molecular complexity index is 66.2. The van der Waals surface area contributed by atoms with Crippen LogP contribution in [0.3, 0.4) is 0 Å². The maximum atomic E-state index is 11.1. The summed E-state index contributed by atoms with van der Waals surface area (Å²) in [6.07, 6.45) is -5.26. The summed E-state index contributed by atoms with van der Waals surface area (Å²) in [6, 6.07) is 0. The molecule has 0 aliphatic heterocycles. The van der Waals surface area contributed by atoms with Crippen molar-refractivity contribution >= 4 is 0 Å². The Labute approximate surface area is 45.4 Å². The molecule has 0 unspecified atom stereocenters. The zero-order chi connectivity index (χ0) is 6.78. The Morgan fingerprint density at radius 1 is 1.25 bits per heavy atom. The highest BCUT2D eigenvalue weighted by molar-refractivity contribution is 4.36. The maximum absolute atomic E-state index is 11.1.